The number of benzene rings is 1. The second-order valence-electron chi connectivity index (χ2n) is 4.55. The zero-order chi connectivity index (χ0) is 15.2. The normalized spacial score (nSPS) is 10.2. The summed E-state index contributed by atoms with van der Waals surface area (Å²) >= 11 is 0. The number of hydrogen-bond donors (Lipinski definition) is 0. The van der Waals surface area contributed by atoms with Crippen LogP contribution in [0.25, 0.3) is 0 Å². The van der Waals surface area contributed by atoms with Crippen LogP contribution >= 0.6 is 0 Å². The van der Waals surface area contributed by atoms with Crippen molar-refractivity contribution in [3.05, 3.63) is 53.9 Å². The van der Waals surface area contributed by atoms with Crippen molar-refractivity contribution >= 4 is 5.91 Å². The van der Waals surface area contributed by atoms with Crippen molar-refractivity contribution in [2.45, 2.75) is 6.92 Å². The number of carbonyl (C=O) groups excluding carboxylic acids is 1. The Hall–Kier alpha value is -2.50. The third-order valence-corrected chi connectivity index (χ3v) is 2.87. The summed E-state index contributed by atoms with van der Waals surface area (Å²) in [5, 5.41) is 0. The molecule has 1 heterocycles. The number of amides is 1. The number of ether oxygens (including phenoxy) is 1. The Balaban J connectivity index is 1.87. The number of rotatable bonds is 5. The Kier molecular flexibility index (Phi) is 4.81. The maximum absolute atomic E-state index is 13.4. The molecule has 0 radical (unpaired) electrons. The van der Waals surface area contributed by atoms with Gasteiger partial charge >= 0.3 is 0 Å². The van der Waals surface area contributed by atoms with Gasteiger partial charge < -0.3 is 9.64 Å². The van der Waals surface area contributed by atoms with E-state index < -0.39 is 5.82 Å². The highest BCUT2D eigenvalue weighted by Gasteiger charge is 2.13. The Morgan fingerprint density at radius 3 is 2.71 bits per heavy atom. The van der Waals surface area contributed by atoms with E-state index in [1.165, 1.54) is 23.4 Å². The lowest BCUT2D eigenvalue weighted by atomic mass is 10.3. The van der Waals surface area contributed by atoms with Gasteiger partial charge in [-0.05, 0) is 19.1 Å². The molecule has 21 heavy (non-hydrogen) atoms. The van der Waals surface area contributed by atoms with E-state index in [2.05, 4.69) is 9.97 Å². The van der Waals surface area contributed by atoms with E-state index in [1.807, 2.05) is 0 Å². The van der Waals surface area contributed by atoms with Gasteiger partial charge in [0, 0.05) is 13.2 Å². The van der Waals surface area contributed by atoms with E-state index in [-0.39, 0.29) is 24.0 Å². The smallest absolute Gasteiger partial charge is 0.273 e. The van der Waals surface area contributed by atoms with E-state index in [1.54, 1.807) is 32.2 Å². The van der Waals surface area contributed by atoms with Crippen LogP contribution in [-0.2, 0) is 0 Å². The average molecular weight is 289 g/mol. The van der Waals surface area contributed by atoms with Crippen molar-refractivity contribution < 1.29 is 13.9 Å². The molecular weight excluding hydrogens is 273 g/mol. The Morgan fingerprint density at radius 2 is 2.05 bits per heavy atom. The number of halogens is 1. The fourth-order valence-corrected chi connectivity index (χ4v) is 1.65. The van der Waals surface area contributed by atoms with Gasteiger partial charge in [0.05, 0.1) is 18.4 Å². The molecule has 0 saturated carbocycles. The summed E-state index contributed by atoms with van der Waals surface area (Å²) < 4.78 is 18.7. The van der Waals surface area contributed by atoms with Gasteiger partial charge in [0.1, 0.15) is 12.3 Å². The van der Waals surface area contributed by atoms with Crippen LogP contribution in [0.5, 0.6) is 5.75 Å². The van der Waals surface area contributed by atoms with Crippen LogP contribution in [0.15, 0.2) is 36.7 Å². The molecular formula is C15H16FN3O2. The Labute approximate surface area is 122 Å². The standard InChI is InChI=1S/C15H16FN3O2/c1-11-9-18-13(10-17-11)15(20)19(2)7-8-21-14-6-4-3-5-12(14)16/h3-6,9-10H,7-8H2,1-2H3. The number of aromatic nitrogens is 2. The van der Waals surface area contributed by atoms with E-state index in [0.29, 0.717) is 6.54 Å². The molecule has 6 heteroatoms. The van der Waals surface area contributed by atoms with Crippen molar-refractivity contribution in [1.82, 2.24) is 14.9 Å². The van der Waals surface area contributed by atoms with Gasteiger partial charge in [0.25, 0.3) is 5.91 Å². The highest BCUT2D eigenvalue weighted by Crippen LogP contribution is 2.15. The van der Waals surface area contributed by atoms with Gasteiger partial charge in [-0.3, -0.25) is 9.78 Å². The van der Waals surface area contributed by atoms with Crippen LogP contribution in [0, 0.1) is 12.7 Å². The second kappa shape index (κ2) is 6.78. The number of nitrogens with zero attached hydrogens (tertiary/aromatic N) is 3. The minimum atomic E-state index is -0.420. The Bertz CT molecular complexity index is 617. The van der Waals surface area contributed by atoms with E-state index in [4.69, 9.17) is 4.74 Å². The molecule has 0 spiro atoms. The molecule has 0 bridgehead atoms. The number of carbonyl (C=O) groups is 1. The molecule has 1 amide bonds. The predicted octanol–water partition coefficient (Wildman–Crippen LogP) is 2.08. The van der Waals surface area contributed by atoms with Crippen molar-refractivity contribution in [1.29, 1.82) is 0 Å². The van der Waals surface area contributed by atoms with Crippen LogP contribution in [0.4, 0.5) is 4.39 Å². The van der Waals surface area contributed by atoms with Crippen LogP contribution in [-0.4, -0.2) is 41.0 Å². The zero-order valence-electron chi connectivity index (χ0n) is 11.9. The van der Waals surface area contributed by atoms with Crippen LogP contribution in [0.2, 0.25) is 0 Å². The fraction of sp³-hybridized carbons (Fsp3) is 0.267. The molecule has 0 aliphatic heterocycles. The summed E-state index contributed by atoms with van der Waals surface area (Å²) in [6.45, 7) is 2.32. The third-order valence-electron chi connectivity index (χ3n) is 2.87. The first-order valence-corrected chi connectivity index (χ1v) is 6.49. The minimum absolute atomic E-state index is 0.175. The van der Waals surface area contributed by atoms with Crippen LogP contribution in [0.3, 0.4) is 0 Å². The number of hydrogen-bond acceptors (Lipinski definition) is 4. The van der Waals surface area contributed by atoms with Crippen molar-refractivity contribution in [3.8, 4) is 5.75 Å². The lowest BCUT2D eigenvalue weighted by Crippen LogP contribution is -2.31. The summed E-state index contributed by atoms with van der Waals surface area (Å²) in [5.41, 5.74) is 1.02. The lowest BCUT2D eigenvalue weighted by molar-refractivity contribution is 0.0766. The quantitative estimate of drug-likeness (QED) is 0.845. The molecule has 5 nitrogen and oxygen atoms in total. The van der Waals surface area contributed by atoms with Gasteiger partial charge in [0.15, 0.2) is 11.6 Å². The van der Waals surface area contributed by atoms with Crippen molar-refractivity contribution in [2.24, 2.45) is 0 Å². The number of likely N-dealkylation sites (N-methyl/N-ethyl adjacent to an activating group) is 1. The molecule has 0 atom stereocenters. The zero-order valence-corrected chi connectivity index (χ0v) is 11.9. The lowest BCUT2D eigenvalue weighted by Gasteiger charge is -2.17. The summed E-state index contributed by atoms with van der Waals surface area (Å²) in [4.78, 5) is 21.6. The second-order valence-corrected chi connectivity index (χ2v) is 4.55. The molecule has 0 aliphatic rings. The van der Waals surface area contributed by atoms with Gasteiger partial charge in [-0.1, -0.05) is 12.1 Å². The SMILES string of the molecule is Cc1cnc(C(=O)N(C)CCOc2ccccc2F)cn1. The maximum atomic E-state index is 13.4. The monoisotopic (exact) mass is 289 g/mol. The Morgan fingerprint density at radius 1 is 1.29 bits per heavy atom. The topological polar surface area (TPSA) is 55.3 Å². The highest BCUT2D eigenvalue weighted by atomic mass is 19.1. The molecule has 1 aromatic carbocycles. The van der Waals surface area contributed by atoms with Gasteiger partial charge in [0.2, 0.25) is 0 Å². The molecule has 1 aromatic heterocycles. The molecule has 110 valence electrons. The fourth-order valence-electron chi connectivity index (χ4n) is 1.65. The number of aryl methyl sites for hydroxylation is 1. The van der Waals surface area contributed by atoms with Crippen molar-refractivity contribution in [2.75, 3.05) is 20.2 Å². The molecule has 2 rings (SSSR count). The molecule has 0 N–H and O–H groups in total. The van der Waals surface area contributed by atoms with E-state index in [9.17, 15) is 9.18 Å². The average Bonchev–Trinajstić information content (AvgIpc) is 2.49. The molecule has 0 saturated heterocycles. The summed E-state index contributed by atoms with van der Waals surface area (Å²) in [5.74, 6) is -0.496. The largest absolute Gasteiger partial charge is 0.489 e. The summed E-state index contributed by atoms with van der Waals surface area (Å²) in [6, 6.07) is 6.15. The molecule has 2 aromatic rings. The predicted molar refractivity (Wildman–Crippen MR) is 75.6 cm³/mol. The maximum Gasteiger partial charge on any atom is 0.273 e. The molecule has 0 fully saturated rings. The first kappa shape index (κ1) is 14.9. The highest BCUT2D eigenvalue weighted by molar-refractivity contribution is 5.91. The molecule has 0 aliphatic carbocycles. The van der Waals surface area contributed by atoms with E-state index >= 15 is 0 Å². The first-order chi connectivity index (χ1) is 10.1. The van der Waals surface area contributed by atoms with E-state index in [0.717, 1.165) is 5.69 Å². The van der Waals surface area contributed by atoms with Crippen molar-refractivity contribution in [3.63, 3.8) is 0 Å². The van der Waals surface area contributed by atoms with Gasteiger partial charge in [-0.2, -0.15) is 0 Å². The minimum Gasteiger partial charge on any atom is -0.489 e. The van der Waals surface area contributed by atoms with Gasteiger partial charge in [-0.15, -0.1) is 0 Å². The summed E-state index contributed by atoms with van der Waals surface area (Å²) in [7, 11) is 1.63. The first-order valence-electron chi connectivity index (χ1n) is 6.49. The number of para-hydroxylation sites is 1. The van der Waals surface area contributed by atoms with Crippen LogP contribution < -0.4 is 4.74 Å². The van der Waals surface area contributed by atoms with Crippen LogP contribution in [0.1, 0.15) is 16.2 Å². The molecule has 0 unspecified atom stereocenters. The summed E-state index contributed by atoms with van der Waals surface area (Å²) in [6.07, 6.45) is 2.98. The third kappa shape index (κ3) is 3.98. The van der Waals surface area contributed by atoms with Gasteiger partial charge in [-0.25, -0.2) is 9.37 Å².